The fraction of sp³-hybridized carbons (Fsp3) is 0.125. The summed E-state index contributed by atoms with van der Waals surface area (Å²) >= 11 is 0. The first kappa shape index (κ1) is 16.0. The van der Waals surface area contributed by atoms with Crippen molar-refractivity contribution in [2.45, 2.75) is 12.7 Å². The van der Waals surface area contributed by atoms with E-state index in [4.69, 9.17) is 0 Å². The van der Waals surface area contributed by atoms with Crippen molar-refractivity contribution >= 4 is 26.5 Å². The van der Waals surface area contributed by atoms with Gasteiger partial charge in [-0.3, -0.25) is 24.5 Å². The lowest BCUT2D eigenvalue weighted by Gasteiger charge is -2.10. The van der Waals surface area contributed by atoms with Crippen LogP contribution >= 0.6 is 0 Å². The molecule has 0 saturated heterocycles. The lowest BCUT2D eigenvalue weighted by atomic mass is 10.1. The van der Waals surface area contributed by atoms with E-state index in [1.165, 1.54) is 18.2 Å². The Morgan fingerprint density at radius 3 is 2.46 bits per heavy atom. The van der Waals surface area contributed by atoms with Crippen LogP contribution in [0.5, 0.6) is 0 Å². The number of aromatic nitrogens is 2. The average Bonchev–Trinajstić information content (AvgIpc) is 2.50. The van der Waals surface area contributed by atoms with E-state index in [1.807, 2.05) is 13.0 Å². The molecule has 0 spiro atoms. The van der Waals surface area contributed by atoms with Crippen molar-refractivity contribution in [3.63, 3.8) is 0 Å². The third-order valence-electron chi connectivity index (χ3n) is 3.53. The van der Waals surface area contributed by atoms with Gasteiger partial charge in [-0.25, -0.2) is 8.42 Å². The van der Waals surface area contributed by atoms with Gasteiger partial charge >= 0.3 is 0 Å². The van der Waals surface area contributed by atoms with Crippen LogP contribution in [0.2, 0.25) is 0 Å². The largest absolute Gasteiger partial charge is 0.282 e. The van der Waals surface area contributed by atoms with Gasteiger partial charge in [0.1, 0.15) is 0 Å². The predicted molar refractivity (Wildman–Crippen MR) is 92.6 cm³/mol. The predicted octanol–water partition coefficient (Wildman–Crippen LogP) is 1.47. The second-order valence-electron chi connectivity index (χ2n) is 5.49. The minimum atomic E-state index is -3.74. The summed E-state index contributed by atoms with van der Waals surface area (Å²) in [6.07, 6.45) is 0. The molecule has 0 radical (unpaired) electrons. The molecule has 0 amide bonds. The number of nitrogens with one attached hydrogen (secondary N) is 3. The number of fused-ring (bicyclic) bond motifs is 1. The van der Waals surface area contributed by atoms with Crippen LogP contribution < -0.4 is 15.8 Å². The van der Waals surface area contributed by atoms with E-state index in [1.54, 1.807) is 18.2 Å². The number of benzene rings is 2. The summed E-state index contributed by atoms with van der Waals surface area (Å²) in [6, 6.07) is 11.6. The zero-order valence-electron chi connectivity index (χ0n) is 12.8. The van der Waals surface area contributed by atoms with Gasteiger partial charge in [0.15, 0.2) is 0 Å². The zero-order chi connectivity index (χ0) is 17.3. The highest BCUT2D eigenvalue weighted by atomic mass is 32.2. The van der Waals surface area contributed by atoms with Crippen molar-refractivity contribution in [1.82, 2.24) is 10.2 Å². The number of hydrogen-bond donors (Lipinski definition) is 3. The zero-order valence-corrected chi connectivity index (χ0v) is 13.6. The molecule has 0 atom stereocenters. The molecule has 7 nitrogen and oxygen atoms in total. The number of H-pyrrole nitrogens is 2. The molecule has 124 valence electrons. The molecule has 1 aromatic heterocycles. The van der Waals surface area contributed by atoms with Gasteiger partial charge in [-0.2, -0.15) is 0 Å². The smallest absolute Gasteiger partial charge is 0.272 e. The Balaban J connectivity index is 2.02. The molecule has 0 aliphatic carbocycles. The van der Waals surface area contributed by atoms with Gasteiger partial charge in [0.25, 0.3) is 11.1 Å². The molecule has 0 aliphatic heterocycles. The molecule has 0 fully saturated rings. The van der Waals surface area contributed by atoms with Gasteiger partial charge < -0.3 is 0 Å². The second kappa shape index (κ2) is 5.97. The van der Waals surface area contributed by atoms with Crippen LogP contribution in [0.15, 0.2) is 52.1 Å². The number of sulfonamides is 1. The molecule has 8 heteroatoms. The summed E-state index contributed by atoms with van der Waals surface area (Å²) in [4.78, 5) is 23.8. The number of rotatable bonds is 4. The van der Waals surface area contributed by atoms with Crippen LogP contribution in [-0.4, -0.2) is 18.6 Å². The van der Waals surface area contributed by atoms with E-state index in [2.05, 4.69) is 14.9 Å². The Labute approximate surface area is 137 Å². The van der Waals surface area contributed by atoms with Gasteiger partial charge in [0.2, 0.25) is 10.0 Å². The number of anilines is 1. The maximum Gasteiger partial charge on any atom is 0.272 e. The SMILES string of the molecule is Cc1cccc(CS(=O)(=O)Nc2cccc3c(=O)[nH][nH]c(=O)c23)c1. The maximum absolute atomic E-state index is 12.4. The Bertz CT molecular complexity index is 1130. The molecule has 2 aromatic carbocycles. The lowest BCUT2D eigenvalue weighted by Crippen LogP contribution is -2.22. The van der Waals surface area contributed by atoms with Crippen molar-refractivity contribution in [2.24, 2.45) is 0 Å². The van der Waals surface area contributed by atoms with Crippen molar-refractivity contribution in [2.75, 3.05) is 4.72 Å². The number of hydrogen-bond acceptors (Lipinski definition) is 4. The summed E-state index contributed by atoms with van der Waals surface area (Å²) in [6.45, 7) is 1.88. The van der Waals surface area contributed by atoms with Gasteiger partial charge in [0, 0.05) is 0 Å². The number of aromatic amines is 2. The molecule has 3 N–H and O–H groups in total. The second-order valence-corrected chi connectivity index (χ2v) is 7.21. The van der Waals surface area contributed by atoms with Crippen LogP contribution in [0.4, 0.5) is 5.69 Å². The fourth-order valence-corrected chi connectivity index (χ4v) is 3.74. The van der Waals surface area contributed by atoms with Crippen LogP contribution in [-0.2, 0) is 15.8 Å². The van der Waals surface area contributed by atoms with Crippen molar-refractivity contribution in [1.29, 1.82) is 0 Å². The highest BCUT2D eigenvalue weighted by molar-refractivity contribution is 7.91. The van der Waals surface area contributed by atoms with Crippen molar-refractivity contribution < 1.29 is 8.42 Å². The minimum Gasteiger partial charge on any atom is -0.282 e. The average molecular weight is 345 g/mol. The summed E-state index contributed by atoms with van der Waals surface area (Å²) in [5.74, 6) is -0.230. The summed E-state index contributed by atoms with van der Waals surface area (Å²) in [7, 11) is -3.74. The van der Waals surface area contributed by atoms with E-state index in [9.17, 15) is 18.0 Å². The monoisotopic (exact) mass is 345 g/mol. The van der Waals surface area contributed by atoms with E-state index in [-0.39, 0.29) is 22.2 Å². The molecular weight excluding hydrogens is 330 g/mol. The summed E-state index contributed by atoms with van der Waals surface area (Å²) in [5, 5.41) is 4.53. The highest BCUT2D eigenvalue weighted by Crippen LogP contribution is 2.19. The fourth-order valence-electron chi connectivity index (χ4n) is 2.54. The Hall–Kier alpha value is -2.87. The molecule has 3 rings (SSSR count). The Morgan fingerprint density at radius 2 is 1.71 bits per heavy atom. The summed E-state index contributed by atoms with van der Waals surface area (Å²) in [5.41, 5.74) is 0.598. The first-order chi connectivity index (χ1) is 11.4. The van der Waals surface area contributed by atoms with E-state index in [0.717, 1.165) is 5.56 Å². The van der Waals surface area contributed by atoms with Gasteiger partial charge in [-0.15, -0.1) is 0 Å². The van der Waals surface area contributed by atoms with Gasteiger partial charge in [0.05, 0.1) is 22.2 Å². The first-order valence-electron chi connectivity index (χ1n) is 7.15. The normalized spacial score (nSPS) is 11.5. The van der Waals surface area contributed by atoms with Crippen LogP contribution in [0.3, 0.4) is 0 Å². The molecule has 0 unspecified atom stereocenters. The van der Waals surface area contributed by atoms with E-state index < -0.39 is 21.1 Å². The van der Waals surface area contributed by atoms with Crippen LogP contribution in [0.25, 0.3) is 10.8 Å². The highest BCUT2D eigenvalue weighted by Gasteiger charge is 2.16. The molecule has 24 heavy (non-hydrogen) atoms. The van der Waals surface area contributed by atoms with E-state index in [0.29, 0.717) is 5.56 Å². The lowest BCUT2D eigenvalue weighted by molar-refractivity contribution is 0.600. The van der Waals surface area contributed by atoms with Crippen LogP contribution in [0.1, 0.15) is 11.1 Å². The third-order valence-corrected chi connectivity index (χ3v) is 4.77. The van der Waals surface area contributed by atoms with Gasteiger partial charge in [-0.1, -0.05) is 35.9 Å². The standard InChI is InChI=1S/C16H15N3O4S/c1-10-4-2-5-11(8-10)9-24(22,23)19-13-7-3-6-12-14(13)16(21)18-17-15(12)20/h2-8,19H,9H2,1H3,(H,17,20)(H,18,21). The maximum atomic E-state index is 12.4. The van der Waals surface area contributed by atoms with Crippen molar-refractivity contribution in [3.05, 3.63) is 74.3 Å². The number of aryl methyl sites for hydroxylation is 1. The first-order valence-corrected chi connectivity index (χ1v) is 8.81. The molecule has 1 heterocycles. The Morgan fingerprint density at radius 1 is 1.00 bits per heavy atom. The molecule has 0 bridgehead atoms. The van der Waals surface area contributed by atoms with E-state index >= 15 is 0 Å². The quantitative estimate of drug-likeness (QED) is 0.664. The summed E-state index contributed by atoms with van der Waals surface area (Å²) < 4.78 is 27.2. The topological polar surface area (TPSA) is 112 Å². The molecule has 0 saturated carbocycles. The third kappa shape index (κ3) is 3.23. The Kier molecular flexibility index (Phi) is 3.98. The van der Waals surface area contributed by atoms with Crippen molar-refractivity contribution in [3.8, 4) is 0 Å². The van der Waals surface area contributed by atoms with Crippen LogP contribution in [0, 0.1) is 6.92 Å². The molecular formula is C16H15N3O4S. The van der Waals surface area contributed by atoms with Gasteiger partial charge in [-0.05, 0) is 24.6 Å². The molecule has 0 aliphatic rings. The molecule has 3 aromatic rings. The minimum absolute atomic E-state index is 0.00840.